The molecule has 4 heteroatoms. The fraction of sp³-hybridized carbons (Fsp3) is 0.562. The molecule has 2 N–H and O–H groups in total. The lowest BCUT2D eigenvalue weighted by Crippen LogP contribution is -2.20. The average molecular weight is 276 g/mol. The Bertz CT molecular complexity index is 466. The third-order valence-corrected chi connectivity index (χ3v) is 3.56. The number of hydrogen-bond donors (Lipinski definition) is 1. The van der Waals surface area contributed by atoms with E-state index in [0.29, 0.717) is 19.1 Å². The summed E-state index contributed by atoms with van der Waals surface area (Å²) < 4.78 is 11.1. The molecule has 0 heterocycles. The van der Waals surface area contributed by atoms with E-state index in [4.69, 9.17) is 15.2 Å². The van der Waals surface area contributed by atoms with Crippen LogP contribution in [0.3, 0.4) is 0 Å². The first-order chi connectivity index (χ1) is 9.74. The molecule has 0 bridgehead atoms. The van der Waals surface area contributed by atoms with Crippen LogP contribution in [0.2, 0.25) is 0 Å². The third-order valence-electron chi connectivity index (χ3n) is 3.56. The molecule has 0 unspecified atom stereocenters. The lowest BCUT2D eigenvalue weighted by Gasteiger charge is -2.12. The molecule has 1 fully saturated rings. The van der Waals surface area contributed by atoms with Crippen LogP contribution in [0.4, 0.5) is 5.69 Å². The highest BCUT2D eigenvalue weighted by atomic mass is 16.5. The number of rotatable bonds is 6. The average Bonchev–Trinajstić information content (AvgIpc) is 2.96. The third kappa shape index (κ3) is 3.65. The lowest BCUT2D eigenvalue weighted by molar-refractivity contribution is 0.331. The summed E-state index contributed by atoms with van der Waals surface area (Å²) >= 11 is 0. The molecule has 110 valence electrons. The SMILES string of the molecule is CCOc1ccc(OCC)c(N=C(N)C2CCCC2)c1. The molecular formula is C16H24N2O2. The van der Waals surface area contributed by atoms with Gasteiger partial charge in [-0.05, 0) is 38.8 Å². The standard InChI is InChI=1S/C16H24N2O2/c1-3-19-13-9-10-15(20-4-2)14(11-13)18-16(17)12-7-5-6-8-12/h9-12H,3-8H2,1-2H3,(H2,17,18). The van der Waals surface area contributed by atoms with Crippen molar-refractivity contribution in [2.45, 2.75) is 39.5 Å². The van der Waals surface area contributed by atoms with Gasteiger partial charge in [-0.3, -0.25) is 0 Å². The van der Waals surface area contributed by atoms with Gasteiger partial charge in [-0.1, -0.05) is 12.8 Å². The zero-order valence-electron chi connectivity index (χ0n) is 12.4. The monoisotopic (exact) mass is 276 g/mol. The van der Waals surface area contributed by atoms with Gasteiger partial charge in [0, 0.05) is 12.0 Å². The van der Waals surface area contributed by atoms with Gasteiger partial charge in [-0.15, -0.1) is 0 Å². The van der Waals surface area contributed by atoms with Crippen LogP contribution in [0.5, 0.6) is 11.5 Å². The molecule has 0 spiro atoms. The van der Waals surface area contributed by atoms with Crippen LogP contribution in [-0.2, 0) is 0 Å². The second kappa shape index (κ2) is 7.17. The molecule has 1 aromatic rings. The molecule has 2 rings (SSSR count). The van der Waals surface area contributed by atoms with Crippen LogP contribution in [-0.4, -0.2) is 19.0 Å². The summed E-state index contributed by atoms with van der Waals surface area (Å²) in [6, 6.07) is 5.70. The number of hydrogen-bond acceptors (Lipinski definition) is 3. The van der Waals surface area contributed by atoms with Crippen LogP contribution in [0.25, 0.3) is 0 Å². The summed E-state index contributed by atoms with van der Waals surface area (Å²) in [5.41, 5.74) is 6.92. The maximum absolute atomic E-state index is 6.15. The fourth-order valence-electron chi connectivity index (χ4n) is 2.57. The highest BCUT2D eigenvalue weighted by molar-refractivity contribution is 5.86. The summed E-state index contributed by atoms with van der Waals surface area (Å²) in [5, 5.41) is 0. The van der Waals surface area contributed by atoms with E-state index in [1.54, 1.807) is 0 Å². The van der Waals surface area contributed by atoms with Crippen molar-refractivity contribution in [3.05, 3.63) is 18.2 Å². The minimum Gasteiger partial charge on any atom is -0.494 e. The topological polar surface area (TPSA) is 56.8 Å². The molecule has 4 nitrogen and oxygen atoms in total. The van der Waals surface area contributed by atoms with Crippen LogP contribution < -0.4 is 15.2 Å². The summed E-state index contributed by atoms with van der Waals surface area (Å²) in [4.78, 5) is 4.59. The van der Waals surface area contributed by atoms with E-state index in [9.17, 15) is 0 Å². The van der Waals surface area contributed by atoms with Crippen molar-refractivity contribution in [1.82, 2.24) is 0 Å². The second-order valence-electron chi connectivity index (χ2n) is 5.01. The molecule has 1 aliphatic rings. The summed E-state index contributed by atoms with van der Waals surface area (Å²) in [6.07, 6.45) is 4.78. The van der Waals surface area contributed by atoms with Crippen LogP contribution >= 0.6 is 0 Å². The van der Waals surface area contributed by atoms with Crippen molar-refractivity contribution >= 4 is 11.5 Å². The number of ether oxygens (including phenoxy) is 2. The first kappa shape index (κ1) is 14.7. The molecule has 0 aliphatic heterocycles. The molecule has 0 radical (unpaired) electrons. The van der Waals surface area contributed by atoms with E-state index < -0.39 is 0 Å². The summed E-state index contributed by atoms with van der Waals surface area (Å²) in [5.74, 6) is 2.70. The van der Waals surface area contributed by atoms with Crippen molar-refractivity contribution in [3.63, 3.8) is 0 Å². The van der Waals surface area contributed by atoms with E-state index in [-0.39, 0.29) is 0 Å². The Morgan fingerprint density at radius 1 is 1.20 bits per heavy atom. The second-order valence-corrected chi connectivity index (χ2v) is 5.01. The summed E-state index contributed by atoms with van der Waals surface area (Å²) in [7, 11) is 0. The highest BCUT2D eigenvalue weighted by Crippen LogP contribution is 2.33. The van der Waals surface area contributed by atoms with Gasteiger partial charge in [-0.25, -0.2) is 4.99 Å². The van der Waals surface area contributed by atoms with Gasteiger partial charge in [0.1, 0.15) is 23.0 Å². The minimum absolute atomic E-state index is 0.417. The van der Waals surface area contributed by atoms with Crippen molar-refractivity contribution in [2.75, 3.05) is 13.2 Å². The first-order valence-electron chi connectivity index (χ1n) is 7.48. The van der Waals surface area contributed by atoms with Crippen molar-refractivity contribution in [1.29, 1.82) is 0 Å². The van der Waals surface area contributed by atoms with Crippen molar-refractivity contribution < 1.29 is 9.47 Å². The van der Waals surface area contributed by atoms with Gasteiger partial charge in [0.15, 0.2) is 0 Å². The molecule has 1 aromatic carbocycles. The van der Waals surface area contributed by atoms with Gasteiger partial charge in [0.05, 0.1) is 13.2 Å². The Morgan fingerprint density at radius 3 is 2.55 bits per heavy atom. The van der Waals surface area contributed by atoms with Crippen LogP contribution in [0.1, 0.15) is 39.5 Å². The fourth-order valence-corrected chi connectivity index (χ4v) is 2.57. The smallest absolute Gasteiger partial charge is 0.145 e. The maximum Gasteiger partial charge on any atom is 0.145 e. The van der Waals surface area contributed by atoms with Crippen molar-refractivity contribution in [3.8, 4) is 11.5 Å². The Kier molecular flexibility index (Phi) is 5.27. The van der Waals surface area contributed by atoms with E-state index in [1.807, 2.05) is 32.0 Å². The number of nitrogens with zero attached hydrogens (tertiary/aromatic N) is 1. The number of amidine groups is 1. The molecule has 20 heavy (non-hydrogen) atoms. The van der Waals surface area contributed by atoms with E-state index >= 15 is 0 Å². The van der Waals surface area contributed by atoms with E-state index in [2.05, 4.69) is 4.99 Å². The van der Waals surface area contributed by atoms with Crippen LogP contribution in [0.15, 0.2) is 23.2 Å². The molecule has 1 aliphatic carbocycles. The van der Waals surface area contributed by atoms with E-state index in [1.165, 1.54) is 12.8 Å². The number of nitrogens with two attached hydrogens (primary N) is 1. The highest BCUT2D eigenvalue weighted by Gasteiger charge is 2.19. The molecule has 1 saturated carbocycles. The largest absolute Gasteiger partial charge is 0.494 e. The number of benzene rings is 1. The molecule has 0 amide bonds. The maximum atomic E-state index is 6.15. The van der Waals surface area contributed by atoms with Gasteiger partial charge >= 0.3 is 0 Å². The lowest BCUT2D eigenvalue weighted by atomic mass is 10.1. The van der Waals surface area contributed by atoms with Crippen LogP contribution in [0, 0.1) is 5.92 Å². The van der Waals surface area contributed by atoms with E-state index in [0.717, 1.165) is 35.9 Å². The van der Waals surface area contributed by atoms with Gasteiger partial charge in [-0.2, -0.15) is 0 Å². The quantitative estimate of drug-likeness (QED) is 0.637. The van der Waals surface area contributed by atoms with Gasteiger partial charge in [0.2, 0.25) is 0 Å². The molecule has 0 saturated heterocycles. The first-order valence-corrected chi connectivity index (χ1v) is 7.48. The Morgan fingerprint density at radius 2 is 1.90 bits per heavy atom. The number of aliphatic imine (C=N–C) groups is 1. The zero-order valence-corrected chi connectivity index (χ0v) is 12.4. The van der Waals surface area contributed by atoms with Gasteiger partial charge in [0.25, 0.3) is 0 Å². The minimum atomic E-state index is 0.417. The predicted octanol–water partition coefficient (Wildman–Crippen LogP) is 3.66. The summed E-state index contributed by atoms with van der Waals surface area (Å²) in [6.45, 7) is 5.17. The Labute approximate surface area is 121 Å². The normalized spacial score (nSPS) is 16.4. The molecular weight excluding hydrogens is 252 g/mol. The molecule has 0 atom stereocenters. The zero-order chi connectivity index (χ0) is 14.4. The van der Waals surface area contributed by atoms with Gasteiger partial charge < -0.3 is 15.2 Å². The molecule has 0 aromatic heterocycles. The Hall–Kier alpha value is -1.71. The van der Waals surface area contributed by atoms with Crippen molar-refractivity contribution in [2.24, 2.45) is 16.6 Å². The Balaban J connectivity index is 2.25. The predicted molar refractivity (Wildman–Crippen MR) is 82.0 cm³/mol.